The second-order valence-corrected chi connectivity index (χ2v) is 1.01. The maximum absolute atomic E-state index is 8.58. The van der Waals surface area contributed by atoms with Crippen LogP contribution in [-0.2, 0) is 4.79 Å². The second-order valence-electron chi connectivity index (χ2n) is 0.538. The van der Waals surface area contributed by atoms with E-state index in [0.29, 0.717) is 0 Å². The van der Waals surface area contributed by atoms with Gasteiger partial charge in [-0.2, -0.15) is 0 Å². The van der Waals surface area contributed by atoms with E-state index >= 15 is 0 Å². The Hall–Kier alpha value is -0.840. The summed E-state index contributed by atoms with van der Waals surface area (Å²) in [6.07, 6.45) is 0.250. The van der Waals surface area contributed by atoms with Gasteiger partial charge in [0.25, 0.3) is 0 Å². The molecule has 0 fully saturated rings. The number of carbonyl (C=O) groups is 1. The molecule has 0 aromatic carbocycles. The first-order valence-corrected chi connectivity index (χ1v) is 1.76. The van der Waals surface area contributed by atoms with Crippen LogP contribution in [0.5, 0.6) is 0 Å². The van der Waals surface area contributed by atoms with Crippen molar-refractivity contribution in [3.05, 3.63) is 0 Å². The maximum atomic E-state index is 8.58. The molecule has 4 nitrogen and oxygen atoms in total. The Morgan fingerprint density at radius 1 is 1.57 bits per heavy atom. The van der Waals surface area contributed by atoms with Crippen molar-refractivity contribution >= 4 is 23.7 Å². The minimum atomic E-state index is 0.000000000000000222. The Balaban J connectivity index is 0. The van der Waals surface area contributed by atoms with Crippen molar-refractivity contribution in [2.75, 3.05) is 0 Å². The molecule has 42 valence electrons. The molecule has 0 spiro atoms. The number of nitrogens with two attached hydrogens (primary N) is 3. The van der Waals surface area contributed by atoms with E-state index in [-0.39, 0.29) is 11.5 Å². The monoisotopic (exact) mass is 121 g/mol. The van der Waals surface area contributed by atoms with Gasteiger partial charge in [0.05, 0.1) is 0 Å². The zero-order valence-electron chi connectivity index (χ0n) is 3.63. The second kappa shape index (κ2) is 8.94. The summed E-state index contributed by atoms with van der Waals surface area (Å²) in [7, 11) is 0. The van der Waals surface area contributed by atoms with Gasteiger partial charge in [-0.25, -0.2) is 0 Å². The molecular formula is C2H7N3OS. The standard InChI is InChI=1S/CH4N2S.CH3NO/c2-1(3)4;2-1-3/h(H4,2,3,4);1H,(H2,2,3). The predicted molar refractivity (Wildman–Crippen MR) is 31.2 cm³/mol. The van der Waals surface area contributed by atoms with Crippen LogP contribution in [0.25, 0.3) is 0 Å². The maximum Gasteiger partial charge on any atom is 0.204 e. The van der Waals surface area contributed by atoms with Gasteiger partial charge < -0.3 is 17.2 Å². The largest absolute Gasteiger partial charge is 0.377 e. The smallest absolute Gasteiger partial charge is 0.204 e. The highest BCUT2D eigenvalue weighted by atomic mass is 32.1. The number of amides is 1. The molecule has 6 N–H and O–H groups in total. The molecule has 7 heavy (non-hydrogen) atoms. The Labute approximate surface area is 46.6 Å². The van der Waals surface area contributed by atoms with Crippen molar-refractivity contribution in [3.8, 4) is 0 Å². The van der Waals surface area contributed by atoms with Crippen molar-refractivity contribution in [2.45, 2.75) is 0 Å². The van der Waals surface area contributed by atoms with E-state index in [1.54, 1.807) is 0 Å². The highest BCUT2D eigenvalue weighted by molar-refractivity contribution is 7.80. The van der Waals surface area contributed by atoms with E-state index in [2.05, 4.69) is 29.4 Å². The molecule has 0 saturated heterocycles. The quantitative estimate of drug-likeness (QED) is 0.263. The Morgan fingerprint density at radius 2 is 1.57 bits per heavy atom. The average molecular weight is 121 g/mol. The van der Waals surface area contributed by atoms with E-state index in [1.807, 2.05) is 0 Å². The summed E-state index contributed by atoms with van der Waals surface area (Å²) >= 11 is 4.09. The van der Waals surface area contributed by atoms with Crippen molar-refractivity contribution < 1.29 is 4.79 Å². The van der Waals surface area contributed by atoms with Crippen LogP contribution in [0.3, 0.4) is 0 Å². The normalized spacial score (nSPS) is 5.14. The highest BCUT2D eigenvalue weighted by Crippen LogP contribution is 1.32. The van der Waals surface area contributed by atoms with E-state index < -0.39 is 0 Å². The minimum absolute atomic E-state index is 0.000000000000000222. The first kappa shape index (κ1) is 9.48. The van der Waals surface area contributed by atoms with Crippen molar-refractivity contribution in [1.29, 1.82) is 0 Å². The third kappa shape index (κ3) is 73.0. The molecule has 0 saturated carbocycles. The van der Waals surface area contributed by atoms with Crippen LogP contribution in [-0.4, -0.2) is 11.5 Å². The number of thiocarbonyl (C=S) groups is 1. The van der Waals surface area contributed by atoms with Gasteiger partial charge in [-0.15, -0.1) is 0 Å². The summed E-state index contributed by atoms with van der Waals surface area (Å²) < 4.78 is 0. The molecule has 0 bridgehead atoms. The molecule has 5 heteroatoms. The van der Waals surface area contributed by atoms with Crippen molar-refractivity contribution in [3.63, 3.8) is 0 Å². The zero-order valence-corrected chi connectivity index (χ0v) is 4.44. The lowest BCUT2D eigenvalue weighted by molar-refractivity contribution is -0.106. The first-order chi connectivity index (χ1) is 3.15. The summed E-state index contributed by atoms with van der Waals surface area (Å²) in [4.78, 5) is 8.58. The number of rotatable bonds is 0. The molecule has 0 aromatic heterocycles. The molecule has 0 aliphatic heterocycles. The Kier molecular flexibility index (Phi) is 12.1. The number of hydrogen-bond donors (Lipinski definition) is 3. The predicted octanol–water partition coefficient (Wildman–Crippen LogP) is -1.71. The third-order valence-electron chi connectivity index (χ3n) is 0. The lowest BCUT2D eigenvalue weighted by Gasteiger charge is -1.68. The van der Waals surface area contributed by atoms with Gasteiger partial charge in [0.15, 0.2) is 5.11 Å². The molecule has 1 amide bonds. The van der Waals surface area contributed by atoms with Crippen LogP contribution in [0.1, 0.15) is 0 Å². The summed E-state index contributed by atoms with van der Waals surface area (Å²) in [5.74, 6) is 0. The summed E-state index contributed by atoms with van der Waals surface area (Å²) in [5, 5.41) is 0.000000000000000222. The van der Waals surface area contributed by atoms with E-state index in [4.69, 9.17) is 4.79 Å². The number of primary amides is 1. The van der Waals surface area contributed by atoms with Crippen LogP contribution in [0.2, 0.25) is 0 Å². The van der Waals surface area contributed by atoms with Crippen molar-refractivity contribution in [1.82, 2.24) is 0 Å². The van der Waals surface area contributed by atoms with Crippen LogP contribution in [0, 0.1) is 0 Å². The van der Waals surface area contributed by atoms with Gasteiger partial charge >= 0.3 is 0 Å². The zero-order chi connectivity index (χ0) is 6.28. The Bertz CT molecular complexity index is 60.0. The lowest BCUT2D eigenvalue weighted by atomic mass is 11.3. The van der Waals surface area contributed by atoms with Gasteiger partial charge in [-0.05, 0) is 12.2 Å². The lowest BCUT2D eigenvalue weighted by Crippen LogP contribution is -2.18. The summed E-state index contributed by atoms with van der Waals surface area (Å²) in [5.41, 5.74) is 13.4. The van der Waals surface area contributed by atoms with E-state index in [9.17, 15) is 0 Å². The van der Waals surface area contributed by atoms with Gasteiger partial charge in [-0.1, -0.05) is 0 Å². The Morgan fingerprint density at radius 3 is 1.57 bits per heavy atom. The topological polar surface area (TPSA) is 95.1 Å². The van der Waals surface area contributed by atoms with E-state index in [0.717, 1.165) is 0 Å². The number of carbonyl (C=O) groups excluding carboxylic acids is 1. The molecule has 0 aromatic rings. The van der Waals surface area contributed by atoms with Crippen LogP contribution in [0.4, 0.5) is 0 Å². The molecule has 0 unspecified atom stereocenters. The van der Waals surface area contributed by atoms with Gasteiger partial charge in [0.1, 0.15) is 0 Å². The van der Waals surface area contributed by atoms with Crippen LogP contribution >= 0.6 is 12.2 Å². The highest BCUT2D eigenvalue weighted by Gasteiger charge is 1.53. The third-order valence-corrected chi connectivity index (χ3v) is 0. The summed E-state index contributed by atoms with van der Waals surface area (Å²) in [6.45, 7) is 0. The fourth-order valence-electron chi connectivity index (χ4n) is 0. The molecule has 0 heterocycles. The minimum Gasteiger partial charge on any atom is -0.377 e. The number of hydrogen-bond acceptors (Lipinski definition) is 2. The van der Waals surface area contributed by atoms with Gasteiger partial charge in [0.2, 0.25) is 6.41 Å². The fourth-order valence-corrected chi connectivity index (χ4v) is 0. The van der Waals surface area contributed by atoms with Crippen LogP contribution < -0.4 is 17.2 Å². The average Bonchev–Trinajstić information content (AvgIpc) is 1.33. The molecule has 0 aliphatic rings. The molecule has 0 radical (unpaired) electrons. The van der Waals surface area contributed by atoms with Crippen molar-refractivity contribution in [2.24, 2.45) is 17.2 Å². The molecular weight excluding hydrogens is 114 g/mol. The molecule has 0 rings (SSSR count). The molecule has 0 atom stereocenters. The van der Waals surface area contributed by atoms with Gasteiger partial charge in [0, 0.05) is 0 Å². The fraction of sp³-hybridized carbons (Fsp3) is 0. The SMILES string of the molecule is NC(N)=S.NC=O. The van der Waals surface area contributed by atoms with Crippen LogP contribution in [0.15, 0.2) is 0 Å². The van der Waals surface area contributed by atoms with E-state index in [1.165, 1.54) is 0 Å². The first-order valence-electron chi connectivity index (χ1n) is 1.35. The van der Waals surface area contributed by atoms with Gasteiger partial charge in [-0.3, -0.25) is 4.79 Å². The molecule has 0 aliphatic carbocycles. The summed E-state index contributed by atoms with van der Waals surface area (Å²) in [6, 6.07) is 0.